The van der Waals surface area contributed by atoms with Gasteiger partial charge in [-0.1, -0.05) is 31.5 Å². The van der Waals surface area contributed by atoms with Gasteiger partial charge in [-0.25, -0.2) is 0 Å². The first kappa shape index (κ1) is 12.8. The third kappa shape index (κ3) is 4.53. The Morgan fingerprint density at radius 3 is 2.75 bits per heavy atom. The van der Waals surface area contributed by atoms with Gasteiger partial charge in [-0.2, -0.15) is 0 Å². The minimum Gasteiger partial charge on any atom is -0.493 e. The number of hydrogen-bond acceptors (Lipinski definition) is 2. The number of aliphatic carboxylic acids is 1. The zero-order chi connectivity index (χ0) is 12.2. The molecular formula is C12H15ClO3. The van der Waals surface area contributed by atoms with Gasteiger partial charge >= 0.3 is 5.97 Å². The van der Waals surface area contributed by atoms with Crippen LogP contribution in [0.15, 0.2) is 24.3 Å². The Kier molecular flexibility index (Phi) is 4.19. The van der Waals surface area contributed by atoms with Gasteiger partial charge in [0, 0.05) is 10.4 Å². The number of carboxylic acid groups (broad SMARTS) is 1. The van der Waals surface area contributed by atoms with Crippen molar-refractivity contribution in [1.29, 1.82) is 0 Å². The summed E-state index contributed by atoms with van der Waals surface area (Å²) in [5.41, 5.74) is -0.395. The Bertz CT molecular complexity index is 374. The topological polar surface area (TPSA) is 46.5 Å². The van der Waals surface area contributed by atoms with E-state index in [-0.39, 0.29) is 6.42 Å². The molecule has 0 fully saturated rings. The summed E-state index contributed by atoms with van der Waals surface area (Å²) in [6, 6.07) is 7.06. The van der Waals surface area contributed by atoms with Crippen molar-refractivity contribution < 1.29 is 14.6 Å². The normalized spacial score (nSPS) is 11.2. The smallest absolute Gasteiger partial charge is 0.304 e. The highest BCUT2D eigenvalue weighted by molar-refractivity contribution is 6.30. The van der Waals surface area contributed by atoms with E-state index in [1.807, 2.05) is 13.8 Å². The first-order chi connectivity index (χ1) is 7.39. The highest BCUT2D eigenvalue weighted by atomic mass is 35.5. The molecule has 16 heavy (non-hydrogen) atoms. The molecule has 88 valence electrons. The fourth-order valence-electron chi connectivity index (χ4n) is 1.30. The van der Waals surface area contributed by atoms with Crippen molar-refractivity contribution in [3.8, 4) is 5.75 Å². The molecule has 0 spiro atoms. The van der Waals surface area contributed by atoms with E-state index in [9.17, 15) is 4.79 Å². The van der Waals surface area contributed by atoms with E-state index < -0.39 is 11.4 Å². The van der Waals surface area contributed by atoms with Crippen molar-refractivity contribution in [3.05, 3.63) is 29.3 Å². The standard InChI is InChI=1S/C12H15ClO3/c1-12(2,7-11(14)15)8-16-10-5-3-4-9(13)6-10/h3-6H,7-8H2,1-2H3,(H,14,15). The van der Waals surface area contributed by atoms with Gasteiger partial charge in [-0.3, -0.25) is 4.79 Å². The van der Waals surface area contributed by atoms with Crippen molar-refractivity contribution in [2.45, 2.75) is 20.3 Å². The third-order valence-corrected chi connectivity index (χ3v) is 2.29. The molecule has 0 aliphatic carbocycles. The molecule has 0 aliphatic heterocycles. The Morgan fingerprint density at radius 1 is 1.50 bits per heavy atom. The van der Waals surface area contributed by atoms with Crippen LogP contribution in [0.5, 0.6) is 5.75 Å². The summed E-state index contributed by atoms with van der Waals surface area (Å²) in [4.78, 5) is 10.6. The van der Waals surface area contributed by atoms with Crippen LogP contribution in [-0.4, -0.2) is 17.7 Å². The summed E-state index contributed by atoms with van der Waals surface area (Å²) in [7, 11) is 0. The van der Waals surface area contributed by atoms with E-state index in [0.717, 1.165) is 0 Å². The number of carbonyl (C=O) groups is 1. The highest BCUT2D eigenvalue weighted by Gasteiger charge is 2.22. The second-order valence-corrected chi connectivity index (χ2v) is 4.92. The van der Waals surface area contributed by atoms with Gasteiger partial charge in [0.1, 0.15) is 5.75 Å². The van der Waals surface area contributed by atoms with Gasteiger partial charge in [-0.05, 0) is 18.2 Å². The van der Waals surface area contributed by atoms with Gasteiger partial charge in [0.05, 0.1) is 13.0 Å². The molecule has 1 aromatic carbocycles. The second-order valence-electron chi connectivity index (χ2n) is 4.48. The molecule has 1 aromatic rings. The molecule has 0 saturated carbocycles. The van der Waals surface area contributed by atoms with E-state index in [4.69, 9.17) is 21.4 Å². The minimum atomic E-state index is -0.820. The summed E-state index contributed by atoms with van der Waals surface area (Å²) in [6.07, 6.45) is 0.0770. The van der Waals surface area contributed by atoms with Crippen molar-refractivity contribution >= 4 is 17.6 Å². The van der Waals surface area contributed by atoms with Crippen LogP contribution in [0.4, 0.5) is 0 Å². The Morgan fingerprint density at radius 2 is 2.19 bits per heavy atom. The number of benzene rings is 1. The van der Waals surface area contributed by atoms with Crippen LogP contribution < -0.4 is 4.74 Å². The molecule has 0 amide bonds. The quantitative estimate of drug-likeness (QED) is 0.862. The number of hydrogen-bond donors (Lipinski definition) is 1. The van der Waals surface area contributed by atoms with Gasteiger partial charge in [0.15, 0.2) is 0 Å². The maximum absolute atomic E-state index is 10.6. The van der Waals surface area contributed by atoms with Gasteiger partial charge < -0.3 is 9.84 Å². The molecule has 4 heteroatoms. The molecule has 0 aliphatic rings. The van der Waals surface area contributed by atoms with E-state index in [1.165, 1.54) is 0 Å². The van der Waals surface area contributed by atoms with Crippen molar-refractivity contribution in [3.63, 3.8) is 0 Å². The van der Waals surface area contributed by atoms with Crippen molar-refractivity contribution in [1.82, 2.24) is 0 Å². The molecule has 0 saturated heterocycles. The predicted octanol–water partition coefficient (Wildman–Crippen LogP) is 3.22. The largest absolute Gasteiger partial charge is 0.493 e. The lowest BCUT2D eigenvalue weighted by Gasteiger charge is -2.22. The van der Waals surface area contributed by atoms with Gasteiger partial charge in [-0.15, -0.1) is 0 Å². The lowest BCUT2D eigenvalue weighted by molar-refractivity contribution is -0.139. The first-order valence-electron chi connectivity index (χ1n) is 4.99. The molecule has 0 atom stereocenters. The number of carboxylic acids is 1. The number of ether oxygens (including phenoxy) is 1. The zero-order valence-electron chi connectivity index (χ0n) is 9.37. The maximum atomic E-state index is 10.6. The van der Waals surface area contributed by atoms with Gasteiger partial charge in [0.2, 0.25) is 0 Å². The lowest BCUT2D eigenvalue weighted by atomic mass is 9.91. The van der Waals surface area contributed by atoms with Crippen LogP contribution in [-0.2, 0) is 4.79 Å². The van der Waals surface area contributed by atoms with Crippen LogP contribution in [0.3, 0.4) is 0 Å². The Balaban J connectivity index is 2.54. The fourth-order valence-corrected chi connectivity index (χ4v) is 1.48. The van der Waals surface area contributed by atoms with E-state index >= 15 is 0 Å². The molecule has 0 radical (unpaired) electrons. The highest BCUT2D eigenvalue weighted by Crippen LogP contribution is 2.23. The molecular weight excluding hydrogens is 228 g/mol. The van der Waals surface area contributed by atoms with Crippen molar-refractivity contribution in [2.24, 2.45) is 5.41 Å². The summed E-state index contributed by atoms with van der Waals surface area (Å²) >= 11 is 5.81. The molecule has 1 rings (SSSR count). The zero-order valence-corrected chi connectivity index (χ0v) is 10.1. The molecule has 0 heterocycles. The second kappa shape index (κ2) is 5.21. The van der Waals surface area contributed by atoms with Crippen LogP contribution in [0.1, 0.15) is 20.3 Å². The molecule has 3 nitrogen and oxygen atoms in total. The van der Waals surface area contributed by atoms with E-state index in [2.05, 4.69) is 0 Å². The van der Waals surface area contributed by atoms with Crippen LogP contribution in [0.2, 0.25) is 5.02 Å². The van der Waals surface area contributed by atoms with Crippen LogP contribution >= 0.6 is 11.6 Å². The third-order valence-electron chi connectivity index (χ3n) is 2.06. The summed E-state index contributed by atoms with van der Waals surface area (Å²) < 4.78 is 5.50. The van der Waals surface area contributed by atoms with Gasteiger partial charge in [0.25, 0.3) is 0 Å². The lowest BCUT2D eigenvalue weighted by Crippen LogP contribution is -2.24. The Labute approximate surface area is 100.0 Å². The number of rotatable bonds is 5. The molecule has 0 bridgehead atoms. The number of halogens is 1. The van der Waals surface area contributed by atoms with E-state index in [1.54, 1.807) is 24.3 Å². The summed E-state index contributed by atoms with van der Waals surface area (Å²) in [5.74, 6) is -0.161. The Hall–Kier alpha value is -1.22. The average molecular weight is 243 g/mol. The SMILES string of the molecule is CC(C)(COc1cccc(Cl)c1)CC(=O)O. The molecule has 0 aromatic heterocycles. The summed E-state index contributed by atoms with van der Waals surface area (Å²) in [6.45, 7) is 4.05. The minimum absolute atomic E-state index is 0.0770. The molecule has 0 unspecified atom stereocenters. The maximum Gasteiger partial charge on any atom is 0.304 e. The fraction of sp³-hybridized carbons (Fsp3) is 0.417. The molecule has 1 N–H and O–H groups in total. The first-order valence-corrected chi connectivity index (χ1v) is 5.37. The average Bonchev–Trinajstić information content (AvgIpc) is 2.13. The van der Waals surface area contributed by atoms with Crippen LogP contribution in [0.25, 0.3) is 0 Å². The van der Waals surface area contributed by atoms with Crippen molar-refractivity contribution in [2.75, 3.05) is 6.61 Å². The predicted molar refractivity (Wildman–Crippen MR) is 63.0 cm³/mol. The summed E-state index contributed by atoms with van der Waals surface area (Å²) in [5, 5.41) is 9.32. The van der Waals surface area contributed by atoms with Crippen LogP contribution in [0, 0.1) is 5.41 Å². The monoisotopic (exact) mass is 242 g/mol. The van der Waals surface area contributed by atoms with E-state index in [0.29, 0.717) is 17.4 Å².